The molecule has 23 heavy (non-hydrogen) atoms. The number of fused-ring (bicyclic) bond motifs is 1. The number of benzene rings is 1. The van der Waals surface area contributed by atoms with E-state index in [0.29, 0.717) is 28.8 Å². The van der Waals surface area contributed by atoms with E-state index < -0.39 is 0 Å². The Hall–Kier alpha value is -1.27. The monoisotopic (exact) mass is 374 g/mol. The number of halogens is 3. The van der Waals surface area contributed by atoms with Gasteiger partial charge in [-0.2, -0.15) is 5.10 Å². The number of H-pyrrole nitrogens is 1. The molecule has 124 valence electrons. The van der Waals surface area contributed by atoms with Crippen molar-refractivity contribution in [2.24, 2.45) is 0 Å². The van der Waals surface area contributed by atoms with Crippen molar-refractivity contribution in [2.45, 2.75) is 19.5 Å². The van der Waals surface area contributed by atoms with Gasteiger partial charge in [0.15, 0.2) is 5.69 Å². The number of amides is 1. The Morgan fingerprint density at radius 3 is 2.96 bits per heavy atom. The van der Waals surface area contributed by atoms with Crippen LogP contribution in [0.4, 0.5) is 0 Å². The quantitative estimate of drug-likeness (QED) is 0.867. The molecule has 2 N–H and O–H groups in total. The molecule has 3 rings (SSSR count). The zero-order valence-corrected chi connectivity index (χ0v) is 14.9. The van der Waals surface area contributed by atoms with E-state index in [1.807, 2.05) is 12.1 Å². The number of hydrogen-bond acceptors (Lipinski definition) is 3. The van der Waals surface area contributed by atoms with Gasteiger partial charge in [-0.15, -0.1) is 12.4 Å². The Morgan fingerprint density at radius 1 is 1.39 bits per heavy atom. The number of aromatic nitrogens is 2. The highest BCUT2D eigenvalue weighted by molar-refractivity contribution is 6.42. The molecule has 1 aliphatic heterocycles. The highest BCUT2D eigenvalue weighted by Gasteiger charge is 2.24. The summed E-state index contributed by atoms with van der Waals surface area (Å²) in [7, 11) is 1.73. The van der Waals surface area contributed by atoms with Crippen LogP contribution in [0.25, 0.3) is 0 Å². The van der Waals surface area contributed by atoms with Gasteiger partial charge < -0.3 is 10.2 Å². The van der Waals surface area contributed by atoms with Crippen molar-refractivity contribution in [1.82, 2.24) is 20.4 Å². The maximum Gasteiger partial charge on any atom is 0.274 e. The zero-order chi connectivity index (χ0) is 15.7. The number of hydrogen-bond donors (Lipinski definition) is 2. The van der Waals surface area contributed by atoms with Crippen LogP contribution < -0.4 is 5.32 Å². The lowest BCUT2D eigenvalue weighted by molar-refractivity contribution is 0.0778. The SMILES string of the molecule is CN(Cc1cccc(Cl)c1Cl)C(=O)c1n[nH]c2c1CNCC2.Cl. The third kappa shape index (κ3) is 3.63. The van der Waals surface area contributed by atoms with Gasteiger partial charge in [0.1, 0.15) is 0 Å². The van der Waals surface area contributed by atoms with Gasteiger partial charge >= 0.3 is 0 Å². The summed E-state index contributed by atoms with van der Waals surface area (Å²) in [4.78, 5) is 14.2. The number of rotatable bonds is 3. The van der Waals surface area contributed by atoms with Crippen molar-refractivity contribution in [3.8, 4) is 0 Å². The minimum Gasteiger partial charge on any atom is -0.336 e. The molecule has 2 aromatic rings. The topological polar surface area (TPSA) is 61.0 Å². The highest BCUT2D eigenvalue weighted by atomic mass is 35.5. The highest BCUT2D eigenvalue weighted by Crippen LogP contribution is 2.27. The van der Waals surface area contributed by atoms with Crippen LogP contribution >= 0.6 is 35.6 Å². The molecule has 1 amide bonds. The molecule has 0 saturated heterocycles. The fraction of sp³-hybridized carbons (Fsp3) is 0.333. The van der Waals surface area contributed by atoms with Crippen molar-refractivity contribution in [3.63, 3.8) is 0 Å². The van der Waals surface area contributed by atoms with Crippen LogP contribution in [0.1, 0.15) is 27.3 Å². The summed E-state index contributed by atoms with van der Waals surface area (Å²) in [6.45, 7) is 1.95. The average Bonchev–Trinajstić information content (AvgIpc) is 2.95. The lowest BCUT2D eigenvalue weighted by atomic mass is 10.1. The van der Waals surface area contributed by atoms with E-state index in [-0.39, 0.29) is 18.3 Å². The summed E-state index contributed by atoms with van der Waals surface area (Å²) in [5.74, 6) is -0.128. The first-order valence-electron chi connectivity index (χ1n) is 7.03. The first kappa shape index (κ1) is 18.1. The fourth-order valence-electron chi connectivity index (χ4n) is 2.58. The number of carbonyl (C=O) groups is 1. The average molecular weight is 376 g/mol. The molecule has 0 unspecified atom stereocenters. The van der Waals surface area contributed by atoms with Crippen molar-refractivity contribution in [2.75, 3.05) is 13.6 Å². The van der Waals surface area contributed by atoms with Gasteiger partial charge in [0.25, 0.3) is 5.91 Å². The first-order chi connectivity index (χ1) is 10.6. The summed E-state index contributed by atoms with van der Waals surface area (Å²) in [5.41, 5.74) is 3.28. The molecule has 0 atom stereocenters. The second-order valence-electron chi connectivity index (χ2n) is 5.33. The molecule has 0 spiro atoms. The molecular weight excluding hydrogens is 359 g/mol. The zero-order valence-electron chi connectivity index (χ0n) is 12.5. The maximum atomic E-state index is 12.6. The van der Waals surface area contributed by atoms with Gasteiger partial charge in [0, 0.05) is 44.4 Å². The Labute approximate surface area is 150 Å². The van der Waals surface area contributed by atoms with Crippen LogP contribution in [0.2, 0.25) is 10.0 Å². The van der Waals surface area contributed by atoms with Gasteiger partial charge in [-0.05, 0) is 11.6 Å². The smallest absolute Gasteiger partial charge is 0.274 e. The Bertz CT molecular complexity index is 717. The summed E-state index contributed by atoms with van der Waals surface area (Å²) >= 11 is 12.2. The van der Waals surface area contributed by atoms with Crippen molar-refractivity contribution in [1.29, 1.82) is 0 Å². The van der Waals surface area contributed by atoms with Crippen LogP contribution in [-0.4, -0.2) is 34.6 Å². The summed E-state index contributed by atoms with van der Waals surface area (Å²) in [5, 5.41) is 11.4. The maximum absolute atomic E-state index is 12.6. The van der Waals surface area contributed by atoms with Crippen LogP contribution in [0.5, 0.6) is 0 Å². The van der Waals surface area contributed by atoms with Gasteiger partial charge in [-0.1, -0.05) is 35.3 Å². The van der Waals surface area contributed by atoms with E-state index in [4.69, 9.17) is 23.2 Å². The van der Waals surface area contributed by atoms with Crippen molar-refractivity contribution in [3.05, 3.63) is 50.8 Å². The molecule has 8 heteroatoms. The van der Waals surface area contributed by atoms with Crippen LogP contribution in [0.15, 0.2) is 18.2 Å². The second-order valence-corrected chi connectivity index (χ2v) is 6.12. The van der Waals surface area contributed by atoms with E-state index >= 15 is 0 Å². The predicted molar refractivity (Wildman–Crippen MR) is 93.5 cm³/mol. The largest absolute Gasteiger partial charge is 0.336 e. The predicted octanol–water partition coefficient (Wildman–Crippen LogP) is 3.06. The van der Waals surface area contributed by atoms with Crippen LogP contribution in [0.3, 0.4) is 0 Å². The number of aromatic amines is 1. The summed E-state index contributed by atoms with van der Waals surface area (Å²) in [6.07, 6.45) is 0.861. The number of carbonyl (C=O) groups excluding carboxylic acids is 1. The lowest BCUT2D eigenvalue weighted by Gasteiger charge is -2.19. The normalized spacial score (nSPS) is 13.2. The summed E-state index contributed by atoms with van der Waals surface area (Å²) < 4.78 is 0. The molecule has 0 bridgehead atoms. The third-order valence-corrected chi connectivity index (χ3v) is 4.65. The van der Waals surface area contributed by atoms with E-state index in [0.717, 1.165) is 29.8 Å². The molecule has 1 aromatic carbocycles. The van der Waals surface area contributed by atoms with Crippen LogP contribution in [0, 0.1) is 0 Å². The molecule has 0 saturated carbocycles. The van der Waals surface area contributed by atoms with Crippen molar-refractivity contribution >= 4 is 41.5 Å². The molecule has 2 heterocycles. The van der Waals surface area contributed by atoms with Gasteiger partial charge in [0.2, 0.25) is 0 Å². The Morgan fingerprint density at radius 2 is 2.17 bits per heavy atom. The second kappa shape index (κ2) is 7.53. The van der Waals surface area contributed by atoms with Gasteiger partial charge in [-0.25, -0.2) is 0 Å². The van der Waals surface area contributed by atoms with Crippen LogP contribution in [-0.2, 0) is 19.5 Å². The van der Waals surface area contributed by atoms with Crippen molar-refractivity contribution < 1.29 is 4.79 Å². The third-order valence-electron chi connectivity index (χ3n) is 3.79. The molecule has 5 nitrogen and oxygen atoms in total. The minimum absolute atomic E-state index is 0. The lowest BCUT2D eigenvalue weighted by Crippen LogP contribution is -2.30. The molecule has 1 aromatic heterocycles. The van der Waals surface area contributed by atoms with E-state index in [1.165, 1.54) is 0 Å². The molecule has 0 radical (unpaired) electrons. The molecule has 1 aliphatic rings. The Kier molecular flexibility index (Phi) is 5.92. The molecule has 0 aliphatic carbocycles. The molecule has 0 fully saturated rings. The number of nitrogens with one attached hydrogen (secondary N) is 2. The Balaban J connectivity index is 0.00000192. The first-order valence-corrected chi connectivity index (χ1v) is 7.78. The van der Waals surface area contributed by atoms with E-state index in [9.17, 15) is 4.79 Å². The standard InChI is InChI=1S/C15H16Cl2N4O.ClH/c1-21(8-9-3-2-4-11(16)13(9)17)15(22)14-10-7-18-6-5-12(10)19-20-14;/h2-4,18H,5-8H2,1H3,(H,19,20);1H. The number of nitrogens with zero attached hydrogens (tertiary/aromatic N) is 2. The van der Waals surface area contributed by atoms with E-state index in [2.05, 4.69) is 15.5 Å². The summed E-state index contributed by atoms with van der Waals surface area (Å²) in [6, 6.07) is 5.41. The fourth-order valence-corrected chi connectivity index (χ4v) is 2.96. The van der Waals surface area contributed by atoms with Gasteiger partial charge in [0.05, 0.1) is 10.0 Å². The van der Waals surface area contributed by atoms with Gasteiger partial charge in [-0.3, -0.25) is 9.89 Å². The molecular formula is C15H17Cl3N4O. The van der Waals surface area contributed by atoms with E-state index in [1.54, 1.807) is 18.0 Å². The minimum atomic E-state index is -0.128.